The van der Waals surface area contributed by atoms with Gasteiger partial charge in [0.25, 0.3) is 0 Å². The Kier molecular flexibility index (Phi) is 7.70. The summed E-state index contributed by atoms with van der Waals surface area (Å²) in [6.45, 7) is 2.57. The van der Waals surface area contributed by atoms with Crippen LogP contribution >= 0.6 is 0 Å². The summed E-state index contributed by atoms with van der Waals surface area (Å²) in [7, 11) is 1.60. The SMILES string of the molecule is CCCC(CNC(=O)OCC1c2ccccc2-c2ccccc21)C(=O)N(C)C1COCC1C(=O)O. The highest BCUT2D eigenvalue weighted by Gasteiger charge is 2.40. The number of carboxylic acid groups (broad SMARTS) is 1. The zero-order valence-corrected chi connectivity index (χ0v) is 20.1. The Labute approximate surface area is 205 Å². The quantitative estimate of drug-likeness (QED) is 0.569. The van der Waals surface area contributed by atoms with E-state index in [0.29, 0.717) is 6.42 Å². The average Bonchev–Trinajstić information content (AvgIpc) is 3.48. The molecule has 186 valence electrons. The van der Waals surface area contributed by atoms with E-state index < -0.39 is 29.9 Å². The van der Waals surface area contributed by atoms with Crippen LogP contribution in [0.25, 0.3) is 11.1 Å². The Morgan fingerprint density at radius 3 is 2.31 bits per heavy atom. The lowest BCUT2D eigenvalue weighted by molar-refractivity contribution is -0.145. The zero-order valence-electron chi connectivity index (χ0n) is 20.1. The van der Waals surface area contributed by atoms with Crippen molar-refractivity contribution >= 4 is 18.0 Å². The first-order valence-corrected chi connectivity index (χ1v) is 12.1. The predicted octanol–water partition coefficient (Wildman–Crippen LogP) is 3.50. The second-order valence-corrected chi connectivity index (χ2v) is 9.19. The number of alkyl carbamates (subject to hydrolysis) is 1. The number of nitrogens with one attached hydrogen (secondary N) is 1. The van der Waals surface area contributed by atoms with Crippen LogP contribution in [0.15, 0.2) is 48.5 Å². The Hall–Kier alpha value is -3.39. The van der Waals surface area contributed by atoms with E-state index in [1.165, 1.54) is 4.90 Å². The van der Waals surface area contributed by atoms with Crippen LogP contribution in [0.5, 0.6) is 0 Å². The Morgan fingerprint density at radius 1 is 1.09 bits per heavy atom. The largest absolute Gasteiger partial charge is 0.481 e. The topological polar surface area (TPSA) is 105 Å². The van der Waals surface area contributed by atoms with Crippen molar-refractivity contribution in [1.29, 1.82) is 0 Å². The number of aliphatic carboxylic acids is 1. The number of amides is 2. The Bertz CT molecular complexity index is 1040. The lowest BCUT2D eigenvalue weighted by atomic mass is 9.98. The number of ether oxygens (including phenoxy) is 2. The molecule has 1 heterocycles. The molecule has 2 aromatic rings. The molecular weight excluding hydrogens is 448 g/mol. The van der Waals surface area contributed by atoms with Gasteiger partial charge in [-0.05, 0) is 28.7 Å². The molecule has 0 spiro atoms. The fraction of sp³-hybridized carbons (Fsp3) is 0.444. The minimum atomic E-state index is -0.976. The normalized spacial score (nSPS) is 19.5. The molecule has 4 rings (SSSR count). The van der Waals surface area contributed by atoms with Crippen LogP contribution in [-0.2, 0) is 19.1 Å². The smallest absolute Gasteiger partial charge is 0.407 e. The lowest BCUT2D eigenvalue weighted by Gasteiger charge is -2.30. The number of nitrogens with zero attached hydrogens (tertiary/aromatic N) is 1. The maximum atomic E-state index is 13.1. The summed E-state index contributed by atoms with van der Waals surface area (Å²) in [5.74, 6) is -2.44. The molecule has 0 radical (unpaired) electrons. The van der Waals surface area contributed by atoms with Crippen molar-refractivity contribution in [3.05, 3.63) is 59.7 Å². The standard InChI is InChI=1S/C27H32N2O6/c1-3-8-17(25(30)29(2)24-16-34-14-23(24)26(31)32)13-28-27(33)35-15-22-20-11-6-4-9-18(20)19-10-5-7-12-21(19)22/h4-7,9-12,17,22-24H,3,8,13-16H2,1-2H3,(H,28,33)(H,31,32). The number of carbonyl (C=O) groups excluding carboxylic acids is 2. The molecule has 1 aliphatic heterocycles. The summed E-state index contributed by atoms with van der Waals surface area (Å²) in [5, 5.41) is 12.2. The minimum Gasteiger partial charge on any atom is -0.481 e. The molecule has 2 aromatic carbocycles. The van der Waals surface area contributed by atoms with Gasteiger partial charge in [0.2, 0.25) is 5.91 Å². The Balaban J connectivity index is 1.35. The molecule has 1 saturated heterocycles. The molecule has 1 aliphatic carbocycles. The summed E-state index contributed by atoms with van der Waals surface area (Å²) < 4.78 is 10.9. The number of carbonyl (C=O) groups is 3. The van der Waals surface area contributed by atoms with Gasteiger partial charge in [-0.15, -0.1) is 0 Å². The average molecular weight is 481 g/mol. The van der Waals surface area contributed by atoms with Crippen molar-refractivity contribution in [3.8, 4) is 11.1 Å². The number of hydrogen-bond acceptors (Lipinski definition) is 5. The van der Waals surface area contributed by atoms with Crippen LogP contribution in [0, 0.1) is 11.8 Å². The van der Waals surface area contributed by atoms with Gasteiger partial charge in [0.1, 0.15) is 12.5 Å². The molecule has 2 N–H and O–H groups in total. The van der Waals surface area contributed by atoms with Gasteiger partial charge in [0.15, 0.2) is 0 Å². The van der Waals surface area contributed by atoms with E-state index >= 15 is 0 Å². The molecule has 8 heteroatoms. The molecule has 3 unspecified atom stereocenters. The van der Waals surface area contributed by atoms with Crippen molar-refractivity contribution in [2.45, 2.75) is 31.7 Å². The molecule has 8 nitrogen and oxygen atoms in total. The molecule has 2 aliphatic rings. The van der Waals surface area contributed by atoms with E-state index in [9.17, 15) is 19.5 Å². The number of rotatable bonds is 9. The summed E-state index contributed by atoms with van der Waals surface area (Å²) >= 11 is 0. The minimum absolute atomic E-state index is 0.0392. The number of hydrogen-bond donors (Lipinski definition) is 2. The third-order valence-electron chi connectivity index (χ3n) is 7.04. The molecule has 0 aromatic heterocycles. The molecule has 0 saturated carbocycles. The highest BCUT2D eigenvalue weighted by molar-refractivity contribution is 5.81. The van der Waals surface area contributed by atoms with Crippen LogP contribution in [0.1, 0.15) is 36.8 Å². The Morgan fingerprint density at radius 2 is 1.71 bits per heavy atom. The summed E-state index contributed by atoms with van der Waals surface area (Å²) in [4.78, 5) is 38.7. The van der Waals surface area contributed by atoms with Crippen molar-refractivity contribution in [3.63, 3.8) is 0 Å². The van der Waals surface area contributed by atoms with Gasteiger partial charge in [-0.2, -0.15) is 0 Å². The van der Waals surface area contributed by atoms with E-state index in [1.807, 2.05) is 31.2 Å². The van der Waals surface area contributed by atoms with Crippen LogP contribution in [-0.4, -0.2) is 67.4 Å². The summed E-state index contributed by atoms with van der Waals surface area (Å²) in [6.07, 6.45) is 0.745. The lowest BCUT2D eigenvalue weighted by Crippen LogP contribution is -2.48. The maximum absolute atomic E-state index is 13.1. The first-order chi connectivity index (χ1) is 16.9. The fourth-order valence-electron chi connectivity index (χ4n) is 5.13. The van der Waals surface area contributed by atoms with Gasteiger partial charge < -0.3 is 24.8 Å². The third-order valence-corrected chi connectivity index (χ3v) is 7.04. The van der Waals surface area contributed by atoms with Gasteiger partial charge in [0, 0.05) is 19.5 Å². The molecular formula is C27H32N2O6. The van der Waals surface area contributed by atoms with E-state index in [2.05, 4.69) is 29.6 Å². The molecule has 3 atom stereocenters. The third kappa shape index (κ3) is 5.17. The van der Waals surface area contributed by atoms with E-state index in [4.69, 9.17) is 9.47 Å². The molecule has 2 amide bonds. The first-order valence-electron chi connectivity index (χ1n) is 12.1. The van der Waals surface area contributed by atoms with Crippen molar-refractivity contribution in [2.75, 3.05) is 33.4 Å². The van der Waals surface area contributed by atoms with Crippen molar-refractivity contribution in [1.82, 2.24) is 10.2 Å². The summed E-state index contributed by atoms with van der Waals surface area (Å²) in [6, 6.07) is 15.7. The summed E-state index contributed by atoms with van der Waals surface area (Å²) in [5.41, 5.74) is 4.58. The van der Waals surface area contributed by atoms with Gasteiger partial charge >= 0.3 is 12.1 Å². The number of likely N-dealkylation sites (N-methyl/N-ethyl adjacent to an activating group) is 1. The zero-order chi connectivity index (χ0) is 24.9. The number of fused-ring (bicyclic) bond motifs is 3. The number of carboxylic acids is 1. The second kappa shape index (κ2) is 10.9. The first kappa shape index (κ1) is 24.7. The molecule has 35 heavy (non-hydrogen) atoms. The van der Waals surface area contributed by atoms with Crippen LogP contribution in [0.3, 0.4) is 0 Å². The molecule has 0 bridgehead atoms. The monoisotopic (exact) mass is 480 g/mol. The van der Waals surface area contributed by atoms with Gasteiger partial charge in [-0.1, -0.05) is 61.9 Å². The maximum Gasteiger partial charge on any atom is 0.407 e. The van der Waals surface area contributed by atoms with Gasteiger partial charge in [0.05, 0.1) is 25.2 Å². The second-order valence-electron chi connectivity index (χ2n) is 9.19. The van der Waals surface area contributed by atoms with Crippen LogP contribution in [0.2, 0.25) is 0 Å². The van der Waals surface area contributed by atoms with Crippen molar-refractivity contribution in [2.24, 2.45) is 11.8 Å². The van der Waals surface area contributed by atoms with Crippen LogP contribution in [0.4, 0.5) is 4.79 Å². The highest BCUT2D eigenvalue weighted by Crippen LogP contribution is 2.44. The molecule has 1 fully saturated rings. The van der Waals surface area contributed by atoms with Crippen LogP contribution < -0.4 is 5.32 Å². The van der Waals surface area contributed by atoms with E-state index in [0.717, 1.165) is 28.7 Å². The van der Waals surface area contributed by atoms with E-state index in [-0.39, 0.29) is 38.2 Å². The fourth-order valence-corrected chi connectivity index (χ4v) is 5.13. The highest BCUT2D eigenvalue weighted by atomic mass is 16.5. The van der Waals surface area contributed by atoms with Crippen molar-refractivity contribution < 1.29 is 29.0 Å². The van der Waals surface area contributed by atoms with Gasteiger partial charge in [-0.25, -0.2) is 4.79 Å². The van der Waals surface area contributed by atoms with E-state index in [1.54, 1.807) is 7.05 Å². The predicted molar refractivity (Wildman–Crippen MR) is 130 cm³/mol. The van der Waals surface area contributed by atoms with Gasteiger partial charge in [-0.3, -0.25) is 9.59 Å². The number of benzene rings is 2.